The molecule has 1 aliphatic carbocycles. The molecule has 2 fully saturated rings. The fraction of sp³-hybridized carbons (Fsp3) is 0.625. The van der Waals surface area contributed by atoms with Gasteiger partial charge in [-0.1, -0.05) is 6.07 Å². The van der Waals surface area contributed by atoms with Crippen molar-refractivity contribution in [2.24, 2.45) is 0 Å². The average Bonchev–Trinajstić information content (AvgIpc) is 2.40. The van der Waals surface area contributed by atoms with Crippen molar-refractivity contribution in [3.8, 4) is 0 Å². The molecule has 1 atom stereocenters. The Morgan fingerprint density at radius 1 is 1.24 bits per heavy atom. The summed E-state index contributed by atoms with van der Waals surface area (Å²) >= 11 is 0. The molecular weight excluding hydrogens is 284 g/mol. The minimum Gasteiger partial charge on any atom is -0.311 e. The van der Waals surface area contributed by atoms with E-state index in [2.05, 4.69) is 10.0 Å². The summed E-state index contributed by atoms with van der Waals surface area (Å²) in [5, 5.41) is 3.57. The zero-order chi connectivity index (χ0) is 15.1. The molecule has 1 aromatic carbocycles. The van der Waals surface area contributed by atoms with Crippen LogP contribution in [0.3, 0.4) is 0 Å². The van der Waals surface area contributed by atoms with Gasteiger partial charge in [-0.2, -0.15) is 0 Å². The molecule has 3 rings (SSSR count). The predicted octanol–water partition coefficient (Wildman–Crippen LogP) is 2.26. The van der Waals surface area contributed by atoms with Crippen molar-refractivity contribution < 1.29 is 8.42 Å². The van der Waals surface area contributed by atoms with Gasteiger partial charge in [0.15, 0.2) is 0 Å². The van der Waals surface area contributed by atoms with E-state index in [9.17, 15) is 8.42 Å². The van der Waals surface area contributed by atoms with E-state index in [-0.39, 0.29) is 11.6 Å². The SMILES string of the molecule is Cc1ccc(S(=O)(=O)NC2CCNC3(CCC3)C2)cc1C. The van der Waals surface area contributed by atoms with Gasteiger partial charge in [-0.05, 0) is 75.8 Å². The molecule has 1 spiro atoms. The van der Waals surface area contributed by atoms with Gasteiger partial charge in [0.1, 0.15) is 0 Å². The Morgan fingerprint density at radius 3 is 2.62 bits per heavy atom. The highest BCUT2D eigenvalue weighted by Gasteiger charge is 2.41. The highest BCUT2D eigenvalue weighted by molar-refractivity contribution is 7.89. The van der Waals surface area contributed by atoms with Crippen LogP contribution in [0.4, 0.5) is 0 Å². The van der Waals surface area contributed by atoms with Crippen molar-refractivity contribution in [2.75, 3.05) is 6.54 Å². The minimum absolute atomic E-state index is 0.0539. The van der Waals surface area contributed by atoms with Gasteiger partial charge in [-0.15, -0.1) is 0 Å². The Kier molecular flexibility index (Phi) is 3.84. The fourth-order valence-corrected chi connectivity index (χ4v) is 4.77. The number of hydrogen-bond acceptors (Lipinski definition) is 3. The zero-order valence-electron chi connectivity index (χ0n) is 12.8. The lowest BCUT2D eigenvalue weighted by Crippen LogP contribution is -2.59. The van der Waals surface area contributed by atoms with Gasteiger partial charge in [0, 0.05) is 11.6 Å². The minimum atomic E-state index is -3.41. The molecule has 1 saturated carbocycles. The lowest BCUT2D eigenvalue weighted by atomic mass is 9.70. The second-order valence-electron chi connectivity index (χ2n) is 6.62. The van der Waals surface area contributed by atoms with Crippen molar-refractivity contribution in [3.63, 3.8) is 0 Å². The zero-order valence-corrected chi connectivity index (χ0v) is 13.6. The van der Waals surface area contributed by atoms with Gasteiger partial charge in [-0.25, -0.2) is 13.1 Å². The van der Waals surface area contributed by atoms with E-state index in [0.29, 0.717) is 4.90 Å². The molecule has 0 radical (unpaired) electrons. The highest BCUT2D eigenvalue weighted by Crippen LogP contribution is 2.38. The summed E-state index contributed by atoms with van der Waals surface area (Å²) < 4.78 is 28.0. The van der Waals surface area contributed by atoms with Crippen molar-refractivity contribution in [2.45, 2.75) is 62.4 Å². The predicted molar refractivity (Wildman–Crippen MR) is 83.8 cm³/mol. The van der Waals surface area contributed by atoms with Gasteiger partial charge in [-0.3, -0.25) is 0 Å². The van der Waals surface area contributed by atoms with E-state index in [1.54, 1.807) is 12.1 Å². The van der Waals surface area contributed by atoms with Crippen LogP contribution in [-0.4, -0.2) is 26.5 Å². The normalized spacial score (nSPS) is 24.8. The van der Waals surface area contributed by atoms with E-state index in [1.807, 2.05) is 19.9 Å². The number of aryl methyl sites for hydroxylation is 2. The topological polar surface area (TPSA) is 58.2 Å². The summed E-state index contributed by atoms with van der Waals surface area (Å²) in [5.41, 5.74) is 2.33. The van der Waals surface area contributed by atoms with E-state index in [4.69, 9.17) is 0 Å². The van der Waals surface area contributed by atoms with Gasteiger partial charge in [0.25, 0.3) is 0 Å². The van der Waals surface area contributed by atoms with Gasteiger partial charge in [0.2, 0.25) is 10.0 Å². The first-order chi connectivity index (χ1) is 9.90. The van der Waals surface area contributed by atoms with E-state index < -0.39 is 10.0 Å². The second kappa shape index (κ2) is 5.38. The Balaban J connectivity index is 1.74. The molecule has 116 valence electrons. The number of piperidine rings is 1. The molecule has 1 heterocycles. The van der Waals surface area contributed by atoms with Crippen LogP contribution in [0.5, 0.6) is 0 Å². The van der Waals surface area contributed by atoms with Gasteiger partial charge in [0.05, 0.1) is 4.90 Å². The first kappa shape index (κ1) is 15.0. The monoisotopic (exact) mass is 308 g/mol. The van der Waals surface area contributed by atoms with Crippen LogP contribution in [0.2, 0.25) is 0 Å². The number of hydrogen-bond donors (Lipinski definition) is 2. The molecule has 4 nitrogen and oxygen atoms in total. The van der Waals surface area contributed by atoms with Crippen LogP contribution in [0.15, 0.2) is 23.1 Å². The van der Waals surface area contributed by atoms with Crippen LogP contribution in [-0.2, 0) is 10.0 Å². The third-order valence-electron chi connectivity index (χ3n) is 5.05. The maximum atomic E-state index is 12.5. The molecular formula is C16H24N2O2S. The average molecular weight is 308 g/mol. The molecule has 2 N–H and O–H groups in total. The van der Waals surface area contributed by atoms with Crippen LogP contribution in [0, 0.1) is 13.8 Å². The standard InChI is InChI=1S/C16H24N2O2S/c1-12-4-5-15(10-13(12)2)21(19,20)18-14-6-9-17-16(11-14)7-3-8-16/h4-5,10,14,17-18H,3,6-9,11H2,1-2H3. The van der Waals surface area contributed by atoms with Gasteiger partial charge >= 0.3 is 0 Å². The first-order valence-corrected chi connectivity index (χ1v) is 9.23. The smallest absolute Gasteiger partial charge is 0.240 e. The summed E-state index contributed by atoms with van der Waals surface area (Å²) in [7, 11) is -3.41. The third-order valence-corrected chi connectivity index (χ3v) is 6.57. The molecule has 1 aliphatic heterocycles. The largest absolute Gasteiger partial charge is 0.311 e. The summed E-state index contributed by atoms with van der Waals surface area (Å²) in [5.74, 6) is 0. The van der Waals surface area contributed by atoms with Crippen LogP contribution in [0.1, 0.15) is 43.2 Å². The first-order valence-electron chi connectivity index (χ1n) is 7.75. The van der Waals surface area contributed by atoms with Crippen LogP contribution in [0.25, 0.3) is 0 Å². The lowest BCUT2D eigenvalue weighted by molar-refractivity contribution is 0.126. The van der Waals surface area contributed by atoms with Crippen LogP contribution >= 0.6 is 0 Å². The highest BCUT2D eigenvalue weighted by atomic mass is 32.2. The molecule has 0 aromatic heterocycles. The van der Waals surface area contributed by atoms with Crippen LogP contribution < -0.4 is 10.0 Å². The van der Waals surface area contributed by atoms with Gasteiger partial charge < -0.3 is 5.32 Å². The second-order valence-corrected chi connectivity index (χ2v) is 8.33. The van der Waals surface area contributed by atoms with Crippen molar-refractivity contribution in [1.29, 1.82) is 0 Å². The third kappa shape index (κ3) is 3.00. The maximum absolute atomic E-state index is 12.5. The van der Waals surface area contributed by atoms with E-state index >= 15 is 0 Å². The van der Waals surface area contributed by atoms with E-state index in [1.165, 1.54) is 19.3 Å². The summed E-state index contributed by atoms with van der Waals surface area (Å²) in [6.45, 7) is 4.84. The molecule has 0 amide bonds. The quantitative estimate of drug-likeness (QED) is 0.900. The molecule has 1 saturated heterocycles. The molecule has 1 unspecified atom stereocenters. The Morgan fingerprint density at radius 2 is 2.00 bits per heavy atom. The Bertz CT molecular complexity index is 636. The van der Waals surface area contributed by atoms with Crippen molar-refractivity contribution >= 4 is 10.0 Å². The summed E-state index contributed by atoms with van der Waals surface area (Å²) in [4.78, 5) is 0.381. The Labute approximate surface area is 127 Å². The van der Waals surface area contributed by atoms with Crippen molar-refractivity contribution in [1.82, 2.24) is 10.0 Å². The number of rotatable bonds is 3. The molecule has 0 bridgehead atoms. The lowest BCUT2D eigenvalue weighted by Gasteiger charge is -2.48. The number of nitrogens with one attached hydrogen (secondary N) is 2. The molecule has 5 heteroatoms. The molecule has 21 heavy (non-hydrogen) atoms. The molecule has 1 aromatic rings. The summed E-state index contributed by atoms with van der Waals surface area (Å²) in [6.07, 6.45) is 5.39. The van der Waals surface area contributed by atoms with E-state index in [0.717, 1.165) is 30.5 Å². The fourth-order valence-electron chi connectivity index (χ4n) is 3.41. The number of benzene rings is 1. The number of sulfonamides is 1. The maximum Gasteiger partial charge on any atom is 0.240 e. The molecule has 2 aliphatic rings. The summed E-state index contributed by atoms with van der Waals surface area (Å²) in [6, 6.07) is 5.39. The van der Waals surface area contributed by atoms with Crippen molar-refractivity contribution in [3.05, 3.63) is 29.3 Å². The Hall–Kier alpha value is -0.910.